The molecule has 0 aromatic heterocycles. The maximum Gasteiger partial charge on any atom is 0.127 e. The standard InChI is InChI=1S/C11H17IO2S/c1-8-5-6-9(11(2,3)13-4)7-10(8)14-15-12/h5-6,9H,7H2,1-4H3. The molecule has 0 N–H and O–H groups in total. The Labute approximate surface area is 108 Å². The summed E-state index contributed by atoms with van der Waals surface area (Å²) in [7, 11) is 3.13. The van der Waals surface area contributed by atoms with Gasteiger partial charge < -0.3 is 8.92 Å². The van der Waals surface area contributed by atoms with E-state index in [-0.39, 0.29) is 5.60 Å². The molecule has 0 saturated carbocycles. The molecule has 0 spiro atoms. The van der Waals surface area contributed by atoms with Crippen molar-refractivity contribution in [3.8, 4) is 0 Å². The first-order chi connectivity index (χ1) is 7.01. The van der Waals surface area contributed by atoms with Gasteiger partial charge in [-0.15, -0.1) is 0 Å². The molecule has 0 heterocycles. The summed E-state index contributed by atoms with van der Waals surface area (Å²) in [6.45, 7) is 6.30. The van der Waals surface area contributed by atoms with Crippen molar-refractivity contribution in [1.82, 2.24) is 0 Å². The van der Waals surface area contributed by atoms with E-state index in [0.717, 1.165) is 12.2 Å². The molecule has 86 valence electrons. The second kappa shape index (κ2) is 5.59. The summed E-state index contributed by atoms with van der Waals surface area (Å²) in [6, 6.07) is 0. The van der Waals surface area contributed by atoms with Crippen LogP contribution in [0.5, 0.6) is 0 Å². The SMILES string of the molecule is COC(C)(C)C1C=CC(C)=C(OSI)C1. The van der Waals surface area contributed by atoms with E-state index in [4.69, 9.17) is 8.92 Å². The normalized spacial score (nSPS) is 22.1. The Bertz CT molecular complexity index is 284. The Hall–Kier alpha value is 0.320. The Morgan fingerprint density at radius 3 is 2.73 bits per heavy atom. The van der Waals surface area contributed by atoms with Crippen molar-refractivity contribution in [1.29, 1.82) is 0 Å². The number of methoxy groups -OCH3 is 1. The summed E-state index contributed by atoms with van der Waals surface area (Å²) >= 11 is 2.14. The number of halogens is 1. The van der Waals surface area contributed by atoms with Crippen LogP contribution in [0.15, 0.2) is 23.5 Å². The average Bonchev–Trinajstić information content (AvgIpc) is 2.21. The third-order valence-electron chi connectivity index (χ3n) is 2.97. The monoisotopic (exact) mass is 340 g/mol. The van der Waals surface area contributed by atoms with Crippen LogP contribution in [0.4, 0.5) is 0 Å². The maximum atomic E-state index is 5.54. The average molecular weight is 340 g/mol. The summed E-state index contributed by atoms with van der Waals surface area (Å²) < 4.78 is 11.0. The van der Waals surface area contributed by atoms with Crippen molar-refractivity contribution in [2.24, 2.45) is 5.92 Å². The lowest BCUT2D eigenvalue weighted by atomic mass is 9.83. The molecule has 1 atom stereocenters. The summed E-state index contributed by atoms with van der Waals surface area (Å²) in [5, 5.41) is 0. The number of ether oxygens (including phenoxy) is 1. The molecule has 0 saturated heterocycles. The zero-order chi connectivity index (χ0) is 11.5. The molecular weight excluding hydrogens is 323 g/mol. The largest absolute Gasteiger partial charge is 0.419 e. The van der Waals surface area contributed by atoms with Crippen molar-refractivity contribution in [3.05, 3.63) is 23.5 Å². The van der Waals surface area contributed by atoms with Crippen LogP contribution >= 0.6 is 30.4 Å². The number of hydrogen-bond donors (Lipinski definition) is 0. The van der Waals surface area contributed by atoms with Crippen LogP contribution in [0.2, 0.25) is 0 Å². The Balaban J connectivity index is 2.76. The molecule has 1 unspecified atom stereocenters. The van der Waals surface area contributed by atoms with Crippen LogP contribution in [0.3, 0.4) is 0 Å². The lowest BCUT2D eigenvalue weighted by molar-refractivity contribution is -0.0145. The topological polar surface area (TPSA) is 18.5 Å². The molecule has 15 heavy (non-hydrogen) atoms. The molecule has 1 rings (SSSR count). The van der Waals surface area contributed by atoms with Gasteiger partial charge >= 0.3 is 0 Å². The minimum atomic E-state index is -0.137. The first kappa shape index (κ1) is 13.4. The quantitative estimate of drug-likeness (QED) is 0.562. The number of allylic oxidation sites excluding steroid dienone is 3. The fourth-order valence-corrected chi connectivity index (χ4v) is 2.48. The van der Waals surface area contributed by atoms with Crippen molar-refractivity contribution >= 4 is 30.4 Å². The highest BCUT2D eigenvalue weighted by Gasteiger charge is 2.30. The zero-order valence-electron chi connectivity index (χ0n) is 9.54. The molecule has 0 bridgehead atoms. The van der Waals surface area contributed by atoms with E-state index in [1.54, 1.807) is 7.11 Å². The molecule has 0 aromatic carbocycles. The highest BCUT2D eigenvalue weighted by molar-refractivity contribution is 14.2. The van der Waals surface area contributed by atoms with E-state index in [0.29, 0.717) is 5.92 Å². The minimum Gasteiger partial charge on any atom is -0.419 e. The van der Waals surface area contributed by atoms with Crippen molar-refractivity contribution in [2.75, 3.05) is 7.11 Å². The number of hydrogen-bond acceptors (Lipinski definition) is 3. The van der Waals surface area contributed by atoms with Gasteiger partial charge in [0.25, 0.3) is 0 Å². The van der Waals surface area contributed by atoms with E-state index in [2.05, 4.69) is 54.1 Å². The van der Waals surface area contributed by atoms with Crippen molar-refractivity contribution in [3.63, 3.8) is 0 Å². The van der Waals surface area contributed by atoms with E-state index in [1.807, 2.05) is 0 Å². The van der Waals surface area contributed by atoms with Crippen LogP contribution in [-0.4, -0.2) is 12.7 Å². The second-order valence-electron chi connectivity index (χ2n) is 4.23. The summed E-state index contributed by atoms with van der Waals surface area (Å²) in [6.07, 6.45) is 5.25. The van der Waals surface area contributed by atoms with Crippen LogP contribution in [-0.2, 0) is 8.92 Å². The molecule has 0 fully saturated rings. The molecule has 4 heteroatoms. The fourth-order valence-electron chi connectivity index (χ4n) is 1.55. The van der Waals surface area contributed by atoms with E-state index in [9.17, 15) is 0 Å². The van der Waals surface area contributed by atoms with Gasteiger partial charge in [-0.2, -0.15) is 0 Å². The van der Waals surface area contributed by atoms with Crippen LogP contribution in [0.1, 0.15) is 27.2 Å². The van der Waals surface area contributed by atoms with E-state index in [1.165, 1.54) is 14.8 Å². The van der Waals surface area contributed by atoms with Gasteiger partial charge in [0.15, 0.2) is 0 Å². The lowest BCUT2D eigenvalue weighted by Gasteiger charge is -2.33. The van der Waals surface area contributed by atoms with Gasteiger partial charge in [0.05, 0.1) is 5.60 Å². The van der Waals surface area contributed by atoms with Gasteiger partial charge in [-0.05, 0) is 26.3 Å². The van der Waals surface area contributed by atoms with E-state index >= 15 is 0 Å². The second-order valence-corrected chi connectivity index (χ2v) is 5.60. The van der Waals surface area contributed by atoms with Gasteiger partial charge in [-0.3, -0.25) is 0 Å². The zero-order valence-corrected chi connectivity index (χ0v) is 12.5. The van der Waals surface area contributed by atoms with Crippen LogP contribution in [0.25, 0.3) is 0 Å². The lowest BCUT2D eigenvalue weighted by Crippen LogP contribution is -2.33. The summed E-state index contributed by atoms with van der Waals surface area (Å²) in [4.78, 5) is 0. The summed E-state index contributed by atoms with van der Waals surface area (Å²) in [5.41, 5.74) is 1.07. The Morgan fingerprint density at radius 1 is 1.53 bits per heavy atom. The molecular formula is C11H17IO2S. The first-order valence-corrected chi connectivity index (χ1v) is 8.18. The van der Waals surface area contributed by atoms with Gasteiger partial charge in [0, 0.05) is 40.7 Å². The van der Waals surface area contributed by atoms with Crippen molar-refractivity contribution < 1.29 is 8.92 Å². The molecule has 0 aromatic rings. The fraction of sp³-hybridized carbons (Fsp3) is 0.636. The molecule has 0 radical (unpaired) electrons. The molecule has 0 amide bonds. The van der Waals surface area contributed by atoms with Crippen molar-refractivity contribution in [2.45, 2.75) is 32.8 Å². The predicted octanol–water partition coefficient (Wildman–Crippen LogP) is 4.28. The molecule has 1 aliphatic carbocycles. The van der Waals surface area contributed by atoms with Gasteiger partial charge in [0.2, 0.25) is 0 Å². The van der Waals surface area contributed by atoms with Gasteiger partial charge in [-0.25, -0.2) is 0 Å². The van der Waals surface area contributed by atoms with Crippen LogP contribution in [0, 0.1) is 5.92 Å². The molecule has 2 nitrogen and oxygen atoms in total. The minimum absolute atomic E-state index is 0.137. The third-order valence-corrected chi connectivity index (χ3v) is 3.78. The Morgan fingerprint density at radius 2 is 2.20 bits per heavy atom. The molecule has 0 aliphatic heterocycles. The Kier molecular flexibility index (Phi) is 4.99. The smallest absolute Gasteiger partial charge is 0.127 e. The summed E-state index contributed by atoms with van der Waals surface area (Å²) in [5.74, 6) is 1.44. The van der Waals surface area contributed by atoms with Gasteiger partial charge in [0.1, 0.15) is 15.0 Å². The van der Waals surface area contributed by atoms with Crippen LogP contribution < -0.4 is 0 Å². The first-order valence-electron chi connectivity index (χ1n) is 4.89. The number of rotatable bonds is 4. The highest BCUT2D eigenvalue weighted by Crippen LogP contribution is 2.35. The maximum absolute atomic E-state index is 5.54. The highest BCUT2D eigenvalue weighted by atomic mass is 127. The van der Waals surface area contributed by atoms with Gasteiger partial charge in [-0.1, -0.05) is 12.2 Å². The third kappa shape index (κ3) is 3.39. The molecule has 1 aliphatic rings. The predicted molar refractivity (Wildman–Crippen MR) is 73.7 cm³/mol. The van der Waals surface area contributed by atoms with E-state index < -0.39 is 0 Å².